The summed E-state index contributed by atoms with van der Waals surface area (Å²) in [7, 11) is 1.12. The summed E-state index contributed by atoms with van der Waals surface area (Å²) in [5.41, 5.74) is 6.10. The predicted molar refractivity (Wildman–Crippen MR) is 60.4 cm³/mol. The molecule has 1 aromatic carbocycles. The fourth-order valence-electron chi connectivity index (χ4n) is 1.29. The van der Waals surface area contributed by atoms with Gasteiger partial charge < -0.3 is 20.7 Å². The van der Waals surface area contributed by atoms with Gasteiger partial charge in [-0.1, -0.05) is 24.3 Å². The number of nitrogens with one attached hydrogen (secondary N) is 1. The number of hydrogen-bond acceptors (Lipinski definition) is 5. The molecule has 5 N–H and O–H groups in total. The number of amidine groups is 1. The van der Waals surface area contributed by atoms with Gasteiger partial charge in [0.25, 0.3) is 0 Å². The van der Waals surface area contributed by atoms with E-state index >= 15 is 0 Å². The van der Waals surface area contributed by atoms with Gasteiger partial charge in [-0.15, -0.1) is 0 Å². The molecule has 0 aliphatic carbocycles. The molecule has 92 valence electrons. The molecule has 0 spiro atoms. The van der Waals surface area contributed by atoms with Crippen LogP contribution in [-0.4, -0.2) is 35.2 Å². The zero-order chi connectivity index (χ0) is 13.0. The Kier molecular flexibility index (Phi) is 4.19. The maximum Gasteiger partial charge on any atom is 0.337 e. The highest BCUT2D eigenvalue weighted by Gasteiger charge is 2.26. The Morgan fingerprint density at radius 1 is 1.35 bits per heavy atom. The Morgan fingerprint density at radius 2 is 1.88 bits per heavy atom. The summed E-state index contributed by atoms with van der Waals surface area (Å²) < 4.78 is 4.31. The van der Waals surface area contributed by atoms with Gasteiger partial charge in [-0.3, -0.25) is 5.41 Å². The third-order valence-corrected chi connectivity index (χ3v) is 2.30. The van der Waals surface area contributed by atoms with Crippen LogP contribution < -0.4 is 5.73 Å². The second kappa shape index (κ2) is 5.42. The maximum absolute atomic E-state index is 11.0. The molecule has 0 heterocycles. The van der Waals surface area contributed by atoms with E-state index in [0.29, 0.717) is 11.1 Å². The third-order valence-electron chi connectivity index (χ3n) is 2.30. The minimum absolute atomic E-state index is 0.0976. The minimum atomic E-state index is -1.64. The molecule has 1 rings (SSSR count). The molecular formula is C11H14N2O4. The number of hydrogen-bond donors (Lipinski definition) is 4. The summed E-state index contributed by atoms with van der Waals surface area (Å²) in [6, 6.07) is 6.00. The average molecular weight is 238 g/mol. The third kappa shape index (κ3) is 3.02. The summed E-state index contributed by atoms with van der Waals surface area (Å²) in [5, 5.41) is 26.3. The van der Waals surface area contributed by atoms with Crippen LogP contribution in [0.15, 0.2) is 24.3 Å². The normalized spacial score (nSPS) is 13.8. The Hall–Kier alpha value is -1.92. The Morgan fingerprint density at radius 3 is 2.29 bits per heavy atom. The second-order valence-electron chi connectivity index (χ2n) is 3.45. The van der Waals surface area contributed by atoms with Crippen LogP contribution in [0.25, 0.3) is 0 Å². The summed E-state index contributed by atoms with van der Waals surface area (Å²) in [6.45, 7) is 0. The van der Waals surface area contributed by atoms with Crippen molar-refractivity contribution in [1.29, 1.82) is 5.41 Å². The maximum atomic E-state index is 11.0. The van der Waals surface area contributed by atoms with Crippen LogP contribution >= 0.6 is 0 Å². The Bertz CT molecular complexity index is 416. The van der Waals surface area contributed by atoms with Crippen molar-refractivity contribution in [2.75, 3.05) is 7.11 Å². The van der Waals surface area contributed by atoms with E-state index in [4.69, 9.17) is 11.1 Å². The number of esters is 1. The number of benzene rings is 1. The van der Waals surface area contributed by atoms with Crippen molar-refractivity contribution >= 4 is 11.8 Å². The lowest BCUT2D eigenvalue weighted by Crippen LogP contribution is -2.29. The molecule has 1 aromatic rings. The molecule has 17 heavy (non-hydrogen) atoms. The lowest BCUT2D eigenvalue weighted by Gasteiger charge is -2.16. The van der Waals surface area contributed by atoms with Crippen LogP contribution in [0.1, 0.15) is 17.2 Å². The number of carbonyl (C=O) groups excluding carboxylic acids is 1. The lowest BCUT2D eigenvalue weighted by atomic mass is 10.0. The number of rotatable bonds is 4. The first-order valence-corrected chi connectivity index (χ1v) is 4.85. The highest BCUT2D eigenvalue weighted by molar-refractivity contribution is 5.94. The van der Waals surface area contributed by atoms with Crippen LogP contribution in [0.2, 0.25) is 0 Å². The Labute approximate surface area is 98.1 Å². The smallest absolute Gasteiger partial charge is 0.337 e. The van der Waals surface area contributed by atoms with E-state index in [1.807, 2.05) is 0 Å². The Balaban J connectivity index is 2.86. The van der Waals surface area contributed by atoms with E-state index in [0.717, 1.165) is 7.11 Å². The standard InChI is InChI=1S/C11H14N2O4/c1-17-11(16)9(15)8(14)6-2-4-7(5-3-6)10(12)13/h2-5,8-9,14-15H,1H3,(H3,12,13). The predicted octanol–water partition coefficient (Wildman–Crippen LogP) is -0.462. The van der Waals surface area contributed by atoms with Gasteiger partial charge in [-0.25, -0.2) is 4.79 Å². The number of carbonyl (C=O) groups is 1. The summed E-state index contributed by atoms with van der Waals surface area (Å²) >= 11 is 0. The number of aliphatic hydroxyl groups excluding tert-OH is 2. The van der Waals surface area contributed by atoms with Crippen LogP contribution in [0.5, 0.6) is 0 Å². The van der Waals surface area contributed by atoms with Crippen LogP contribution in [-0.2, 0) is 9.53 Å². The molecule has 0 saturated heterocycles. The monoisotopic (exact) mass is 238 g/mol. The molecule has 2 atom stereocenters. The largest absolute Gasteiger partial charge is 0.467 e. The second-order valence-corrected chi connectivity index (χ2v) is 3.45. The fraction of sp³-hybridized carbons (Fsp3) is 0.273. The molecule has 0 bridgehead atoms. The first-order chi connectivity index (χ1) is 7.97. The molecule has 0 aliphatic heterocycles. The van der Waals surface area contributed by atoms with Gasteiger partial charge in [0.2, 0.25) is 0 Å². The van der Waals surface area contributed by atoms with Gasteiger partial charge in [0.05, 0.1) is 7.11 Å². The molecule has 0 aromatic heterocycles. The van der Waals surface area contributed by atoms with Crippen molar-refractivity contribution in [1.82, 2.24) is 0 Å². The van der Waals surface area contributed by atoms with E-state index in [-0.39, 0.29) is 5.84 Å². The molecule has 0 saturated carbocycles. The number of aliphatic hydroxyl groups is 2. The van der Waals surface area contributed by atoms with Gasteiger partial charge in [0, 0.05) is 5.56 Å². The molecule has 0 fully saturated rings. The number of methoxy groups -OCH3 is 1. The van der Waals surface area contributed by atoms with Crippen molar-refractivity contribution in [3.63, 3.8) is 0 Å². The van der Waals surface area contributed by atoms with Crippen LogP contribution in [0, 0.1) is 5.41 Å². The fourth-order valence-corrected chi connectivity index (χ4v) is 1.29. The minimum Gasteiger partial charge on any atom is -0.467 e. The number of nitrogens with two attached hydrogens (primary N) is 1. The van der Waals surface area contributed by atoms with Gasteiger partial charge in [-0.2, -0.15) is 0 Å². The van der Waals surface area contributed by atoms with Gasteiger partial charge >= 0.3 is 5.97 Å². The van der Waals surface area contributed by atoms with E-state index < -0.39 is 18.2 Å². The van der Waals surface area contributed by atoms with Crippen molar-refractivity contribution in [2.45, 2.75) is 12.2 Å². The van der Waals surface area contributed by atoms with Gasteiger partial charge in [0.1, 0.15) is 11.9 Å². The van der Waals surface area contributed by atoms with Crippen molar-refractivity contribution in [2.24, 2.45) is 5.73 Å². The number of nitrogen functional groups attached to an aromatic ring is 1. The molecule has 6 heteroatoms. The molecule has 0 amide bonds. The molecule has 0 radical (unpaired) electrons. The SMILES string of the molecule is COC(=O)C(O)C(O)c1ccc(C(=N)N)cc1. The molecular weight excluding hydrogens is 224 g/mol. The molecule has 6 nitrogen and oxygen atoms in total. The molecule has 2 unspecified atom stereocenters. The van der Waals surface area contributed by atoms with Crippen molar-refractivity contribution in [3.8, 4) is 0 Å². The lowest BCUT2D eigenvalue weighted by molar-refractivity contribution is -0.156. The average Bonchev–Trinajstić information content (AvgIpc) is 2.36. The van der Waals surface area contributed by atoms with Crippen LogP contribution in [0.3, 0.4) is 0 Å². The quantitative estimate of drug-likeness (QED) is 0.321. The van der Waals surface area contributed by atoms with E-state index in [2.05, 4.69) is 4.74 Å². The first-order valence-electron chi connectivity index (χ1n) is 4.85. The zero-order valence-electron chi connectivity index (χ0n) is 9.25. The summed E-state index contributed by atoms with van der Waals surface area (Å²) in [6.07, 6.45) is -3.01. The molecule has 0 aliphatic rings. The van der Waals surface area contributed by atoms with Gasteiger partial charge in [-0.05, 0) is 5.56 Å². The van der Waals surface area contributed by atoms with Crippen molar-refractivity contribution < 1.29 is 19.7 Å². The van der Waals surface area contributed by atoms with Crippen molar-refractivity contribution in [3.05, 3.63) is 35.4 Å². The van der Waals surface area contributed by atoms with E-state index in [1.165, 1.54) is 24.3 Å². The van der Waals surface area contributed by atoms with Crippen LogP contribution in [0.4, 0.5) is 0 Å². The first kappa shape index (κ1) is 13.1. The zero-order valence-corrected chi connectivity index (χ0v) is 9.25. The number of ether oxygens (including phenoxy) is 1. The summed E-state index contributed by atoms with van der Waals surface area (Å²) in [4.78, 5) is 11.0. The highest BCUT2D eigenvalue weighted by Crippen LogP contribution is 2.18. The van der Waals surface area contributed by atoms with E-state index in [1.54, 1.807) is 0 Å². The highest BCUT2D eigenvalue weighted by atomic mass is 16.5. The van der Waals surface area contributed by atoms with E-state index in [9.17, 15) is 15.0 Å². The topological polar surface area (TPSA) is 117 Å². The summed E-state index contributed by atoms with van der Waals surface area (Å²) in [5.74, 6) is -1.01. The van der Waals surface area contributed by atoms with Gasteiger partial charge in [0.15, 0.2) is 6.10 Å².